The minimum atomic E-state index is -1.34. The van der Waals surface area contributed by atoms with Crippen molar-refractivity contribution in [3.05, 3.63) is 0 Å². The first-order valence-electron chi connectivity index (χ1n) is 10.0. The van der Waals surface area contributed by atoms with E-state index in [9.17, 15) is 34.5 Å². The first kappa shape index (κ1) is 25.8. The highest BCUT2D eigenvalue weighted by Gasteiger charge is 2.39. The number of unbranched alkanes of at least 4 members (excludes halogenated alkanes) is 1. The van der Waals surface area contributed by atoms with Crippen molar-refractivity contribution in [2.75, 3.05) is 19.7 Å². The molecule has 0 saturated carbocycles. The van der Waals surface area contributed by atoms with Gasteiger partial charge in [0, 0.05) is 6.54 Å². The fraction of sp³-hybridized carbons (Fsp3) is 0.778. The molecule has 0 aliphatic carbocycles. The fourth-order valence-corrected chi connectivity index (χ4v) is 3.19. The van der Waals surface area contributed by atoms with Crippen molar-refractivity contribution in [1.29, 1.82) is 0 Å². The Labute approximate surface area is 175 Å². The zero-order valence-corrected chi connectivity index (χ0v) is 17.1. The topological polar surface area (TPSA) is 208 Å². The summed E-state index contributed by atoms with van der Waals surface area (Å²) in [6.45, 7) is 1.22. The van der Waals surface area contributed by atoms with E-state index in [1.807, 2.05) is 0 Å². The van der Waals surface area contributed by atoms with Crippen LogP contribution in [0.2, 0.25) is 0 Å². The van der Waals surface area contributed by atoms with Crippen molar-refractivity contribution in [3.63, 3.8) is 0 Å². The molecule has 0 aromatic rings. The highest BCUT2D eigenvalue weighted by Crippen LogP contribution is 2.19. The molecule has 30 heavy (non-hydrogen) atoms. The number of nitrogens with two attached hydrogens (primary N) is 2. The normalized spacial score (nSPS) is 20.2. The van der Waals surface area contributed by atoms with Gasteiger partial charge in [-0.3, -0.25) is 14.4 Å². The van der Waals surface area contributed by atoms with E-state index in [0.29, 0.717) is 32.2 Å². The Kier molecular flexibility index (Phi) is 10.7. The number of nitrogens with one attached hydrogen (secondary N) is 2. The molecule has 1 rings (SSSR count). The van der Waals surface area contributed by atoms with Gasteiger partial charge in [-0.2, -0.15) is 0 Å². The number of hydrogen-bond donors (Lipinski definition) is 7. The summed E-state index contributed by atoms with van der Waals surface area (Å²) in [6.07, 6.45) is 1.05. The molecule has 5 unspecified atom stereocenters. The largest absolute Gasteiger partial charge is 0.480 e. The summed E-state index contributed by atoms with van der Waals surface area (Å²) in [4.78, 5) is 50.1. The quantitative estimate of drug-likeness (QED) is 0.155. The number of nitrogens with zero attached hydrogens (tertiary/aromatic N) is 1. The number of rotatable bonds is 12. The Balaban J connectivity index is 2.80. The van der Waals surface area contributed by atoms with Crippen molar-refractivity contribution >= 4 is 23.7 Å². The number of carboxylic acid groups (broad SMARTS) is 1. The summed E-state index contributed by atoms with van der Waals surface area (Å²) in [5, 5.41) is 33.0. The molecule has 172 valence electrons. The van der Waals surface area contributed by atoms with Gasteiger partial charge in [-0.25, -0.2) is 4.79 Å². The van der Waals surface area contributed by atoms with E-state index in [1.165, 1.54) is 11.8 Å². The predicted octanol–water partition coefficient (Wildman–Crippen LogP) is -3.14. The molecular formula is C18H33N5O7. The molecule has 0 radical (unpaired) electrons. The number of aliphatic carboxylic acids is 1. The van der Waals surface area contributed by atoms with E-state index in [4.69, 9.17) is 11.5 Å². The highest BCUT2D eigenvalue weighted by molar-refractivity contribution is 5.94. The van der Waals surface area contributed by atoms with E-state index in [-0.39, 0.29) is 13.0 Å². The van der Waals surface area contributed by atoms with Crippen LogP contribution in [0, 0.1) is 0 Å². The third kappa shape index (κ3) is 7.20. The number of hydrogen-bond acceptors (Lipinski definition) is 8. The Morgan fingerprint density at radius 3 is 2.37 bits per heavy atom. The second-order valence-corrected chi connectivity index (χ2v) is 7.38. The van der Waals surface area contributed by atoms with Crippen molar-refractivity contribution in [2.45, 2.75) is 69.3 Å². The van der Waals surface area contributed by atoms with Crippen molar-refractivity contribution in [3.8, 4) is 0 Å². The summed E-state index contributed by atoms with van der Waals surface area (Å²) in [5.41, 5.74) is 10.9. The molecule has 12 heteroatoms. The second kappa shape index (κ2) is 12.4. The number of aliphatic hydroxyl groups is 2. The zero-order valence-electron chi connectivity index (χ0n) is 17.1. The smallest absolute Gasteiger partial charge is 0.326 e. The van der Waals surface area contributed by atoms with Gasteiger partial charge in [0.2, 0.25) is 17.7 Å². The van der Waals surface area contributed by atoms with E-state index >= 15 is 0 Å². The van der Waals surface area contributed by atoms with E-state index in [0.717, 1.165) is 0 Å². The number of carboxylic acids is 1. The molecule has 1 saturated heterocycles. The lowest BCUT2D eigenvalue weighted by Gasteiger charge is -2.29. The third-order valence-corrected chi connectivity index (χ3v) is 5.02. The summed E-state index contributed by atoms with van der Waals surface area (Å²) in [7, 11) is 0. The lowest BCUT2D eigenvalue weighted by molar-refractivity contribution is -0.145. The molecule has 9 N–H and O–H groups in total. The van der Waals surface area contributed by atoms with E-state index in [2.05, 4.69) is 10.6 Å². The molecule has 1 heterocycles. The van der Waals surface area contributed by atoms with Crippen molar-refractivity contribution < 1.29 is 34.5 Å². The first-order chi connectivity index (χ1) is 14.1. The summed E-state index contributed by atoms with van der Waals surface area (Å²) in [5.74, 6) is -3.28. The van der Waals surface area contributed by atoms with Crippen LogP contribution in [0.1, 0.15) is 39.0 Å². The second-order valence-electron chi connectivity index (χ2n) is 7.38. The number of likely N-dealkylation sites (tertiary alicyclic amines) is 1. The lowest BCUT2D eigenvalue weighted by atomic mass is 10.1. The number of amides is 3. The average Bonchev–Trinajstić information content (AvgIpc) is 3.19. The minimum Gasteiger partial charge on any atom is -0.480 e. The molecule has 1 aliphatic rings. The monoisotopic (exact) mass is 431 g/mol. The van der Waals surface area contributed by atoms with Crippen LogP contribution in [0.4, 0.5) is 0 Å². The Morgan fingerprint density at radius 1 is 1.17 bits per heavy atom. The van der Waals surface area contributed by atoms with Crippen LogP contribution >= 0.6 is 0 Å². The Bertz CT molecular complexity index is 616. The maximum atomic E-state index is 12.8. The van der Waals surface area contributed by atoms with Crippen LogP contribution in [-0.2, 0) is 19.2 Å². The standard InChI is InChI=1S/C18H33N5O7/c1-10(25)14(20)16(27)22-12(9-24)17(28)23-8-4-6-13(23)15(26)21-11(18(29)30)5-2-3-7-19/h10-14,24-25H,2-9,19-20H2,1H3,(H,21,26)(H,22,27)(H,29,30). The Hall–Kier alpha value is -2.28. The zero-order chi connectivity index (χ0) is 22.8. The summed E-state index contributed by atoms with van der Waals surface area (Å²) >= 11 is 0. The maximum absolute atomic E-state index is 12.8. The van der Waals surface area contributed by atoms with Gasteiger partial charge in [0.25, 0.3) is 0 Å². The molecular weight excluding hydrogens is 398 g/mol. The van der Waals surface area contributed by atoms with Crippen LogP contribution in [-0.4, -0.2) is 93.9 Å². The molecule has 5 atom stereocenters. The van der Waals surface area contributed by atoms with Crippen molar-refractivity contribution in [2.24, 2.45) is 11.5 Å². The van der Waals surface area contributed by atoms with Gasteiger partial charge < -0.3 is 42.3 Å². The summed E-state index contributed by atoms with van der Waals surface area (Å²) < 4.78 is 0. The van der Waals surface area contributed by atoms with Crippen LogP contribution in [0.3, 0.4) is 0 Å². The van der Waals surface area contributed by atoms with Gasteiger partial charge in [0.05, 0.1) is 12.7 Å². The number of carbonyl (C=O) groups excluding carboxylic acids is 3. The highest BCUT2D eigenvalue weighted by atomic mass is 16.4. The molecule has 0 bridgehead atoms. The van der Waals surface area contributed by atoms with E-state index in [1.54, 1.807) is 0 Å². The number of carbonyl (C=O) groups is 4. The van der Waals surface area contributed by atoms with Crippen LogP contribution in [0.15, 0.2) is 0 Å². The maximum Gasteiger partial charge on any atom is 0.326 e. The molecule has 1 aliphatic heterocycles. The molecule has 0 aromatic heterocycles. The van der Waals surface area contributed by atoms with Gasteiger partial charge in [-0.1, -0.05) is 0 Å². The molecule has 1 fully saturated rings. The minimum absolute atomic E-state index is 0.214. The van der Waals surface area contributed by atoms with Gasteiger partial charge in [0.15, 0.2) is 0 Å². The molecule has 3 amide bonds. The van der Waals surface area contributed by atoms with E-state index < -0.39 is 60.6 Å². The third-order valence-electron chi connectivity index (χ3n) is 5.02. The van der Waals surface area contributed by atoms with Gasteiger partial charge >= 0.3 is 5.97 Å². The van der Waals surface area contributed by atoms with Gasteiger partial charge in [-0.05, 0) is 45.6 Å². The molecule has 0 spiro atoms. The molecule has 0 aromatic carbocycles. The van der Waals surface area contributed by atoms with Gasteiger partial charge in [0.1, 0.15) is 24.2 Å². The van der Waals surface area contributed by atoms with Gasteiger partial charge in [-0.15, -0.1) is 0 Å². The summed E-state index contributed by atoms with van der Waals surface area (Å²) in [6, 6.07) is -4.63. The SMILES string of the molecule is CC(O)C(N)C(=O)NC(CO)C(=O)N1CCCC1C(=O)NC(CCCCN)C(=O)O. The van der Waals surface area contributed by atoms with Crippen LogP contribution < -0.4 is 22.1 Å². The fourth-order valence-electron chi connectivity index (χ4n) is 3.19. The number of aliphatic hydroxyl groups excluding tert-OH is 2. The first-order valence-corrected chi connectivity index (χ1v) is 10.0. The van der Waals surface area contributed by atoms with Crippen molar-refractivity contribution in [1.82, 2.24) is 15.5 Å². The lowest BCUT2D eigenvalue weighted by Crippen LogP contribution is -2.58. The van der Waals surface area contributed by atoms with Crippen LogP contribution in [0.5, 0.6) is 0 Å². The Morgan fingerprint density at radius 2 is 1.83 bits per heavy atom. The van der Waals surface area contributed by atoms with Crippen LogP contribution in [0.25, 0.3) is 0 Å². The average molecular weight is 431 g/mol. The predicted molar refractivity (Wildman–Crippen MR) is 106 cm³/mol. The molecule has 12 nitrogen and oxygen atoms in total.